The summed E-state index contributed by atoms with van der Waals surface area (Å²) in [6, 6.07) is 14.6. The van der Waals surface area contributed by atoms with Crippen molar-refractivity contribution in [3.63, 3.8) is 0 Å². The number of imidazole rings is 1. The lowest BCUT2D eigenvalue weighted by molar-refractivity contribution is 0.102. The van der Waals surface area contributed by atoms with Crippen molar-refractivity contribution in [3.05, 3.63) is 71.5 Å². The van der Waals surface area contributed by atoms with Crippen molar-refractivity contribution in [1.29, 1.82) is 0 Å². The number of amides is 1. The quantitative estimate of drug-likeness (QED) is 0.529. The summed E-state index contributed by atoms with van der Waals surface area (Å²) in [5.41, 5.74) is 2.26. The molecule has 0 radical (unpaired) electrons. The van der Waals surface area contributed by atoms with Crippen LogP contribution in [0.25, 0.3) is 16.9 Å². The number of nitrogens with zero attached hydrogens (tertiary/aromatic N) is 5. The van der Waals surface area contributed by atoms with Crippen LogP contribution in [0.1, 0.15) is 10.4 Å². The molecular weight excluding hydrogens is 416 g/mol. The zero-order valence-corrected chi connectivity index (χ0v) is 17.3. The zero-order valence-electron chi connectivity index (χ0n) is 16.5. The second-order valence-corrected chi connectivity index (χ2v) is 7.46. The van der Waals surface area contributed by atoms with Crippen molar-refractivity contribution >= 4 is 34.8 Å². The maximum absolute atomic E-state index is 13.0. The van der Waals surface area contributed by atoms with Crippen molar-refractivity contribution in [1.82, 2.24) is 19.6 Å². The highest BCUT2D eigenvalue weighted by molar-refractivity contribution is 6.33. The first-order valence-electron chi connectivity index (χ1n) is 9.89. The first-order chi connectivity index (χ1) is 15.2. The number of morpholine rings is 1. The van der Waals surface area contributed by atoms with E-state index in [1.165, 1.54) is 0 Å². The average Bonchev–Trinajstić information content (AvgIpc) is 3.24. The number of aromatic nitrogens is 4. The molecule has 1 aliphatic rings. The van der Waals surface area contributed by atoms with Crippen molar-refractivity contribution in [2.24, 2.45) is 0 Å². The van der Waals surface area contributed by atoms with Crippen LogP contribution in [0.5, 0.6) is 0 Å². The normalized spacial score (nSPS) is 14.0. The summed E-state index contributed by atoms with van der Waals surface area (Å²) in [4.78, 5) is 24.4. The molecule has 1 saturated heterocycles. The Kier molecular flexibility index (Phi) is 5.23. The lowest BCUT2D eigenvalue weighted by Gasteiger charge is -2.28. The second-order valence-electron chi connectivity index (χ2n) is 7.05. The van der Waals surface area contributed by atoms with Gasteiger partial charge in [0, 0.05) is 24.8 Å². The van der Waals surface area contributed by atoms with E-state index < -0.39 is 0 Å². The maximum atomic E-state index is 13.0. The molecule has 1 aromatic carbocycles. The Labute approximate surface area is 183 Å². The lowest BCUT2D eigenvalue weighted by atomic mass is 10.2. The molecule has 1 amide bonds. The van der Waals surface area contributed by atoms with Gasteiger partial charge in [-0.15, -0.1) is 0 Å². The van der Waals surface area contributed by atoms with Gasteiger partial charge in [0.2, 0.25) is 0 Å². The van der Waals surface area contributed by atoms with E-state index in [1.54, 1.807) is 35.1 Å². The third-order valence-electron chi connectivity index (χ3n) is 5.07. The molecule has 1 fully saturated rings. The molecule has 9 heteroatoms. The molecule has 0 atom stereocenters. The number of benzene rings is 1. The molecule has 0 unspecified atom stereocenters. The fourth-order valence-corrected chi connectivity index (χ4v) is 3.75. The molecule has 5 rings (SSSR count). The van der Waals surface area contributed by atoms with Crippen LogP contribution < -0.4 is 10.2 Å². The largest absolute Gasteiger partial charge is 0.378 e. The zero-order chi connectivity index (χ0) is 21.2. The fourth-order valence-electron chi connectivity index (χ4n) is 3.52. The van der Waals surface area contributed by atoms with E-state index in [1.807, 2.05) is 30.3 Å². The summed E-state index contributed by atoms with van der Waals surface area (Å²) in [6.45, 7) is 2.88. The molecule has 0 spiro atoms. The average molecular weight is 435 g/mol. The highest BCUT2D eigenvalue weighted by Crippen LogP contribution is 2.27. The Hall–Kier alpha value is -3.49. The van der Waals surface area contributed by atoms with Crippen LogP contribution in [-0.2, 0) is 4.74 Å². The monoisotopic (exact) mass is 434 g/mol. The van der Waals surface area contributed by atoms with E-state index in [4.69, 9.17) is 16.3 Å². The number of halogens is 1. The number of rotatable bonds is 4. The maximum Gasteiger partial charge on any atom is 0.260 e. The molecular formula is C22H19ClN6O2. The summed E-state index contributed by atoms with van der Waals surface area (Å²) in [7, 11) is 0. The number of hydrogen-bond donors (Lipinski definition) is 1. The standard InChI is InChI=1S/C22H19ClN6O2/c23-17-5-2-1-4-15(17)18-14-29-21(25-18)16(8-9-24-29)22(30)27-19-6-3-7-20(26-19)28-10-12-31-13-11-28/h1-9,14H,10-13H2,(H,26,27,30). The molecule has 0 aliphatic carbocycles. The van der Waals surface area contributed by atoms with Gasteiger partial charge in [-0.3, -0.25) is 4.79 Å². The third-order valence-corrected chi connectivity index (χ3v) is 5.40. The van der Waals surface area contributed by atoms with Gasteiger partial charge in [-0.25, -0.2) is 14.5 Å². The second kappa shape index (κ2) is 8.33. The number of pyridine rings is 1. The third kappa shape index (κ3) is 3.95. The summed E-state index contributed by atoms with van der Waals surface area (Å²) in [5.74, 6) is 0.972. The van der Waals surface area contributed by atoms with Gasteiger partial charge in [0.15, 0.2) is 5.65 Å². The number of carbonyl (C=O) groups is 1. The van der Waals surface area contributed by atoms with E-state index in [0.29, 0.717) is 41.0 Å². The number of fused-ring (bicyclic) bond motifs is 1. The molecule has 31 heavy (non-hydrogen) atoms. The molecule has 8 nitrogen and oxygen atoms in total. The van der Waals surface area contributed by atoms with E-state index in [2.05, 4.69) is 25.3 Å². The minimum Gasteiger partial charge on any atom is -0.378 e. The van der Waals surface area contributed by atoms with Crippen LogP contribution in [-0.4, -0.2) is 51.8 Å². The van der Waals surface area contributed by atoms with E-state index >= 15 is 0 Å². The highest BCUT2D eigenvalue weighted by atomic mass is 35.5. The number of ether oxygens (including phenoxy) is 1. The molecule has 3 aromatic heterocycles. The minimum atomic E-state index is -0.310. The van der Waals surface area contributed by atoms with Gasteiger partial charge in [0.05, 0.1) is 35.7 Å². The SMILES string of the molecule is O=C(Nc1cccc(N2CCOCC2)n1)c1ccnn2cc(-c3ccccc3Cl)nc12. The lowest BCUT2D eigenvalue weighted by Crippen LogP contribution is -2.36. The Morgan fingerprint density at radius 2 is 1.87 bits per heavy atom. The number of hydrogen-bond acceptors (Lipinski definition) is 6. The predicted molar refractivity (Wildman–Crippen MR) is 119 cm³/mol. The van der Waals surface area contributed by atoms with Crippen LogP contribution in [0.4, 0.5) is 11.6 Å². The van der Waals surface area contributed by atoms with Crippen LogP contribution in [0.2, 0.25) is 5.02 Å². The molecule has 0 bridgehead atoms. The van der Waals surface area contributed by atoms with Gasteiger partial charge in [-0.1, -0.05) is 35.9 Å². The van der Waals surface area contributed by atoms with Crippen molar-refractivity contribution < 1.29 is 9.53 Å². The van der Waals surface area contributed by atoms with Crippen molar-refractivity contribution in [2.45, 2.75) is 0 Å². The molecule has 1 N–H and O–H groups in total. The van der Waals surface area contributed by atoms with E-state index in [9.17, 15) is 4.79 Å². The molecule has 156 valence electrons. The van der Waals surface area contributed by atoms with Gasteiger partial charge in [0.25, 0.3) is 5.91 Å². The van der Waals surface area contributed by atoms with Crippen LogP contribution in [0, 0.1) is 0 Å². The van der Waals surface area contributed by atoms with Crippen LogP contribution in [0.3, 0.4) is 0 Å². The fraction of sp³-hybridized carbons (Fsp3) is 0.182. The smallest absolute Gasteiger partial charge is 0.260 e. The van der Waals surface area contributed by atoms with Crippen LogP contribution >= 0.6 is 11.6 Å². The topological polar surface area (TPSA) is 84.7 Å². The van der Waals surface area contributed by atoms with Gasteiger partial charge >= 0.3 is 0 Å². The number of nitrogens with one attached hydrogen (secondary N) is 1. The van der Waals surface area contributed by atoms with Crippen molar-refractivity contribution in [2.75, 3.05) is 36.5 Å². The summed E-state index contributed by atoms with van der Waals surface area (Å²) >= 11 is 6.31. The Balaban J connectivity index is 1.43. The first kappa shape index (κ1) is 19.5. The predicted octanol–water partition coefficient (Wildman–Crippen LogP) is 3.53. The minimum absolute atomic E-state index is 0.310. The van der Waals surface area contributed by atoms with E-state index in [0.717, 1.165) is 24.5 Å². The molecule has 4 aromatic rings. The molecule has 4 heterocycles. The first-order valence-corrected chi connectivity index (χ1v) is 10.3. The molecule has 0 saturated carbocycles. The Morgan fingerprint density at radius 1 is 1.03 bits per heavy atom. The Bertz CT molecular complexity index is 1250. The highest BCUT2D eigenvalue weighted by Gasteiger charge is 2.17. The van der Waals surface area contributed by atoms with Gasteiger partial charge in [-0.05, 0) is 24.3 Å². The Morgan fingerprint density at radius 3 is 2.71 bits per heavy atom. The van der Waals surface area contributed by atoms with E-state index in [-0.39, 0.29) is 5.91 Å². The van der Waals surface area contributed by atoms with Gasteiger partial charge in [0.1, 0.15) is 11.6 Å². The van der Waals surface area contributed by atoms with Crippen LogP contribution in [0.15, 0.2) is 60.9 Å². The number of anilines is 2. The van der Waals surface area contributed by atoms with Gasteiger partial charge < -0.3 is 15.0 Å². The number of carbonyl (C=O) groups excluding carboxylic acids is 1. The summed E-state index contributed by atoms with van der Waals surface area (Å²) in [5, 5.41) is 7.74. The van der Waals surface area contributed by atoms with Gasteiger partial charge in [-0.2, -0.15) is 5.10 Å². The van der Waals surface area contributed by atoms with Crippen molar-refractivity contribution in [3.8, 4) is 11.3 Å². The summed E-state index contributed by atoms with van der Waals surface area (Å²) in [6.07, 6.45) is 3.32. The summed E-state index contributed by atoms with van der Waals surface area (Å²) < 4.78 is 6.97. The molecule has 1 aliphatic heterocycles.